The molecule has 3 rings (SSSR count). The number of aliphatic hydroxyl groups is 1. The van der Waals surface area contributed by atoms with E-state index in [-0.39, 0.29) is 5.78 Å². The average molecular weight is 302 g/mol. The van der Waals surface area contributed by atoms with E-state index in [1.165, 1.54) is 6.92 Å². The summed E-state index contributed by atoms with van der Waals surface area (Å²) in [6, 6.07) is 14.6. The molecule has 0 aromatic heterocycles. The largest absolute Gasteiger partial charge is 0.384 e. The van der Waals surface area contributed by atoms with Gasteiger partial charge in [0.2, 0.25) is 0 Å². The molecule has 0 amide bonds. The topological polar surface area (TPSA) is 49.3 Å². The van der Waals surface area contributed by atoms with E-state index in [1.807, 2.05) is 36.4 Å². The third-order valence-corrected chi connectivity index (χ3v) is 4.33. The summed E-state index contributed by atoms with van der Waals surface area (Å²) in [5, 5.41) is 15.2. The molecule has 1 heterocycles. The molecule has 0 fully saturated rings. The lowest BCUT2D eigenvalue weighted by atomic mass is 9.72. The van der Waals surface area contributed by atoms with Crippen molar-refractivity contribution in [1.29, 1.82) is 0 Å². The standard InChI is InChI=1S/C17H16ClNO2/c1-11(20)15-10-19-16-8-7-13(18)9-14(16)17(15,21)12-5-3-2-4-6-12/h2-9,15,19,21H,10H2,1H3/t15-,17-/m1/s1. The molecule has 0 spiro atoms. The SMILES string of the molecule is CC(=O)[C@H]1CNc2ccc(Cl)cc2[C@]1(O)c1ccccc1. The Kier molecular flexibility index (Phi) is 3.47. The zero-order valence-electron chi connectivity index (χ0n) is 11.6. The predicted molar refractivity (Wildman–Crippen MR) is 83.6 cm³/mol. The predicted octanol–water partition coefficient (Wildman–Crippen LogP) is 3.21. The lowest BCUT2D eigenvalue weighted by molar-refractivity contribution is -0.127. The molecule has 4 heteroatoms. The van der Waals surface area contributed by atoms with Crippen LogP contribution < -0.4 is 5.32 Å². The normalized spacial score (nSPS) is 24.0. The maximum atomic E-state index is 12.0. The van der Waals surface area contributed by atoms with Crippen LogP contribution in [0.4, 0.5) is 5.69 Å². The third-order valence-electron chi connectivity index (χ3n) is 4.10. The van der Waals surface area contributed by atoms with Gasteiger partial charge in [-0.3, -0.25) is 4.79 Å². The molecule has 0 unspecified atom stereocenters. The molecule has 2 atom stereocenters. The molecule has 0 radical (unpaired) electrons. The zero-order chi connectivity index (χ0) is 15.0. The summed E-state index contributed by atoms with van der Waals surface area (Å²) in [7, 11) is 0. The fraction of sp³-hybridized carbons (Fsp3) is 0.235. The molecule has 0 saturated carbocycles. The molecule has 2 aromatic carbocycles. The summed E-state index contributed by atoms with van der Waals surface area (Å²) >= 11 is 6.09. The number of hydrogen-bond donors (Lipinski definition) is 2. The van der Waals surface area contributed by atoms with Crippen molar-refractivity contribution in [3.05, 3.63) is 64.7 Å². The van der Waals surface area contributed by atoms with Gasteiger partial charge in [0.25, 0.3) is 0 Å². The summed E-state index contributed by atoms with van der Waals surface area (Å²) in [5.74, 6) is -0.606. The second-order valence-electron chi connectivity index (χ2n) is 5.37. The van der Waals surface area contributed by atoms with Crippen molar-refractivity contribution in [2.45, 2.75) is 12.5 Å². The van der Waals surface area contributed by atoms with Crippen LogP contribution in [0.5, 0.6) is 0 Å². The van der Waals surface area contributed by atoms with Crippen molar-refractivity contribution in [2.24, 2.45) is 5.92 Å². The Hall–Kier alpha value is -1.84. The second-order valence-corrected chi connectivity index (χ2v) is 5.80. The van der Waals surface area contributed by atoms with Crippen LogP contribution in [0.2, 0.25) is 5.02 Å². The first-order chi connectivity index (χ1) is 10.0. The first-order valence-electron chi connectivity index (χ1n) is 6.85. The van der Waals surface area contributed by atoms with Crippen molar-refractivity contribution in [3.63, 3.8) is 0 Å². The highest BCUT2D eigenvalue weighted by molar-refractivity contribution is 6.30. The van der Waals surface area contributed by atoms with Crippen molar-refractivity contribution in [1.82, 2.24) is 0 Å². The molecule has 108 valence electrons. The number of ketones is 1. The molecule has 2 N–H and O–H groups in total. The second kappa shape index (κ2) is 5.17. The van der Waals surface area contributed by atoms with Gasteiger partial charge in [-0.1, -0.05) is 41.9 Å². The minimum Gasteiger partial charge on any atom is -0.384 e. The summed E-state index contributed by atoms with van der Waals surface area (Å²) in [6.07, 6.45) is 0. The van der Waals surface area contributed by atoms with Crippen molar-refractivity contribution in [3.8, 4) is 0 Å². The first-order valence-corrected chi connectivity index (χ1v) is 7.23. The van der Waals surface area contributed by atoms with Crippen LogP contribution in [0.3, 0.4) is 0 Å². The van der Waals surface area contributed by atoms with Crippen molar-refractivity contribution >= 4 is 23.1 Å². The number of hydrogen-bond acceptors (Lipinski definition) is 3. The maximum absolute atomic E-state index is 12.0. The molecular formula is C17H16ClNO2. The van der Waals surface area contributed by atoms with E-state index in [9.17, 15) is 9.90 Å². The fourth-order valence-electron chi connectivity index (χ4n) is 3.02. The van der Waals surface area contributed by atoms with Crippen LogP contribution in [0.25, 0.3) is 0 Å². The number of carbonyl (C=O) groups is 1. The molecule has 0 bridgehead atoms. The van der Waals surface area contributed by atoms with Crippen LogP contribution in [0.1, 0.15) is 18.1 Å². The number of benzene rings is 2. The van der Waals surface area contributed by atoms with Crippen LogP contribution >= 0.6 is 11.6 Å². The van der Waals surface area contributed by atoms with E-state index in [2.05, 4.69) is 5.32 Å². The van der Waals surface area contributed by atoms with Crippen molar-refractivity contribution < 1.29 is 9.90 Å². The van der Waals surface area contributed by atoms with E-state index < -0.39 is 11.5 Å². The summed E-state index contributed by atoms with van der Waals surface area (Å²) in [4.78, 5) is 12.0. The highest BCUT2D eigenvalue weighted by Gasteiger charge is 2.46. The van der Waals surface area contributed by atoms with E-state index in [0.717, 1.165) is 5.69 Å². The monoisotopic (exact) mass is 301 g/mol. The Balaban J connectivity index is 2.26. The van der Waals surface area contributed by atoms with Gasteiger partial charge in [0.15, 0.2) is 0 Å². The van der Waals surface area contributed by atoms with Gasteiger partial charge in [0.1, 0.15) is 11.4 Å². The molecule has 2 aromatic rings. The number of Topliss-reactive ketones (excluding diaryl/α,β-unsaturated/α-hetero) is 1. The summed E-state index contributed by atoms with van der Waals surface area (Å²) in [5.41, 5.74) is 0.796. The highest BCUT2D eigenvalue weighted by Crippen LogP contribution is 2.44. The van der Waals surface area contributed by atoms with Gasteiger partial charge in [-0.2, -0.15) is 0 Å². The highest BCUT2D eigenvalue weighted by atomic mass is 35.5. The van der Waals surface area contributed by atoms with Crippen LogP contribution in [-0.4, -0.2) is 17.4 Å². The Bertz CT molecular complexity index is 686. The molecule has 0 aliphatic carbocycles. The Labute approximate surface area is 128 Å². The lowest BCUT2D eigenvalue weighted by Gasteiger charge is -2.41. The third kappa shape index (κ3) is 2.23. The van der Waals surface area contributed by atoms with Gasteiger partial charge < -0.3 is 10.4 Å². The van der Waals surface area contributed by atoms with Gasteiger partial charge in [0, 0.05) is 22.8 Å². The van der Waals surface area contributed by atoms with Crippen LogP contribution in [0, 0.1) is 5.92 Å². The number of rotatable bonds is 2. The van der Waals surface area contributed by atoms with Gasteiger partial charge in [0.05, 0.1) is 5.92 Å². The molecule has 0 saturated heterocycles. The van der Waals surface area contributed by atoms with E-state index in [0.29, 0.717) is 22.7 Å². The Morgan fingerprint density at radius 1 is 1.29 bits per heavy atom. The van der Waals surface area contributed by atoms with Crippen molar-refractivity contribution in [2.75, 3.05) is 11.9 Å². The number of nitrogens with one attached hydrogen (secondary N) is 1. The first kappa shape index (κ1) is 14.1. The van der Waals surface area contributed by atoms with E-state index in [4.69, 9.17) is 11.6 Å². The minimum absolute atomic E-state index is 0.0560. The number of fused-ring (bicyclic) bond motifs is 1. The number of halogens is 1. The van der Waals surface area contributed by atoms with Crippen LogP contribution in [-0.2, 0) is 10.4 Å². The minimum atomic E-state index is -1.36. The van der Waals surface area contributed by atoms with Gasteiger partial charge in [-0.05, 0) is 30.7 Å². The maximum Gasteiger partial charge on any atom is 0.138 e. The Morgan fingerprint density at radius 2 is 2.00 bits per heavy atom. The van der Waals surface area contributed by atoms with E-state index >= 15 is 0 Å². The van der Waals surface area contributed by atoms with Gasteiger partial charge in [-0.25, -0.2) is 0 Å². The summed E-state index contributed by atoms with van der Waals surface area (Å²) in [6.45, 7) is 1.91. The zero-order valence-corrected chi connectivity index (χ0v) is 12.4. The lowest BCUT2D eigenvalue weighted by Crippen LogP contribution is -2.47. The average Bonchev–Trinajstić information content (AvgIpc) is 2.48. The van der Waals surface area contributed by atoms with Crippen LogP contribution in [0.15, 0.2) is 48.5 Å². The van der Waals surface area contributed by atoms with E-state index in [1.54, 1.807) is 12.1 Å². The quantitative estimate of drug-likeness (QED) is 0.895. The summed E-state index contributed by atoms with van der Waals surface area (Å²) < 4.78 is 0. The molecule has 3 nitrogen and oxygen atoms in total. The molecule has 1 aliphatic rings. The number of anilines is 1. The van der Waals surface area contributed by atoms with Gasteiger partial charge in [-0.15, -0.1) is 0 Å². The molecular weight excluding hydrogens is 286 g/mol. The molecule has 1 aliphatic heterocycles. The van der Waals surface area contributed by atoms with Gasteiger partial charge >= 0.3 is 0 Å². The fourth-order valence-corrected chi connectivity index (χ4v) is 3.19. The number of carbonyl (C=O) groups excluding carboxylic acids is 1. The Morgan fingerprint density at radius 3 is 2.67 bits per heavy atom. The smallest absolute Gasteiger partial charge is 0.138 e. The molecule has 21 heavy (non-hydrogen) atoms.